The van der Waals surface area contributed by atoms with Crippen molar-refractivity contribution in [3.05, 3.63) is 33.6 Å². The third-order valence-corrected chi connectivity index (χ3v) is 1.90. The minimum atomic E-state index is -3.27. The van der Waals surface area contributed by atoms with Crippen molar-refractivity contribution in [3.63, 3.8) is 0 Å². The number of carbonyl (C=O) groups is 1. The highest BCUT2D eigenvalue weighted by Gasteiger charge is 2.23. The second kappa shape index (κ2) is 5.34. The van der Waals surface area contributed by atoms with Gasteiger partial charge in [0.1, 0.15) is 11.6 Å². The van der Waals surface area contributed by atoms with Crippen molar-refractivity contribution in [2.24, 2.45) is 0 Å². The smallest absolute Gasteiger partial charge is 0.387 e. The molecule has 0 bridgehead atoms. The van der Waals surface area contributed by atoms with Crippen LogP contribution in [0.4, 0.5) is 18.9 Å². The zero-order chi connectivity index (χ0) is 13.9. The topological polar surface area (TPSA) is 89.7 Å². The van der Waals surface area contributed by atoms with Gasteiger partial charge in [-0.1, -0.05) is 0 Å². The quantitative estimate of drug-likeness (QED) is 0.649. The molecule has 0 unspecified atom stereocenters. The summed E-state index contributed by atoms with van der Waals surface area (Å²) in [5.74, 6) is -3.52. The molecule has 0 saturated heterocycles. The first kappa shape index (κ1) is 13.7. The second-order valence-corrected chi connectivity index (χ2v) is 3.11. The molecule has 0 radical (unpaired) electrons. The van der Waals surface area contributed by atoms with Crippen LogP contribution in [0.25, 0.3) is 0 Å². The van der Waals surface area contributed by atoms with Crippen molar-refractivity contribution in [3.8, 4) is 5.75 Å². The lowest BCUT2D eigenvalue weighted by molar-refractivity contribution is -0.385. The van der Waals surface area contributed by atoms with Gasteiger partial charge >= 0.3 is 12.6 Å². The number of alkyl halides is 2. The molecule has 0 atom stereocenters. The average Bonchev–Trinajstić information content (AvgIpc) is 2.19. The average molecular weight is 265 g/mol. The van der Waals surface area contributed by atoms with Crippen molar-refractivity contribution < 1.29 is 32.7 Å². The highest BCUT2D eigenvalue weighted by atomic mass is 19.3. The van der Waals surface area contributed by atoms with Crippen LogP contribution in [0.3, 0.4) is 0 Å². The number of hydrogen-bond donors (Lipinski definition) is 1. The number of hydrogen-bond acceptors (Lipinski definition) is 4. The molecule has 0 aliphatic rings. The van der Waals surface area contributed by atoms with E-state index in [2.05, 4.69) is 4.74 Å². The highest BCUT2D eigenvalue weighted by molar-refractivity contribution is 5.72. The third-order valence-electron chi connectivity index (χ3n) is 1.90. The molecule has 1 rings (SSSR count). The van der Waals surface area contributed by atoms with E-state index < -0.39 is 46.7 Å². The van der Waals surface area contributed by atoms with E-state index in [9.17, 15) is 28.1 Å². The van der Waals surface area contributed by atoms with Crippen LogP contribution in [0, 0.1) is 15.9 Å². The second-order valence-electron chi connectivity index (χ2n) is 3.11. The van der Waals surface area contributed by atoms with Gasteiger partial charge in [0.05, 0.1) is 23.0 Å². The first-order chi connectivity index (χ1) is 8.31. The summed E-state index contributed by atoms with van der Waals surface area (Å²) in [6, 6.07) is 1.02. The fourth-order valence-corrected chi connectivity index (χ4v) is 1.26. The van der Waals surface area contributed by atoms with Gasteiger partial charge in [0.15, 0.2) is 0 Å². The maximum absolute atomic E-state index is 13.4. The number of carboxylic acids is 1. The molecular formula is C9H6F3NO5. The van der Waals surface area contributed by atoms with E-state index in [1.807, 2.05) is 0 Å². The van der Waals surface area contributed by atoms with Crippen molar-refractivity contribution >= 4 is 11.7 Å². The molecule has 0 heterocycles. The van der Waals surface area contributed by atoms with Crippen LogP contribution in [-0.4, -0.2) is 22.6 Å². The lowest BCUT2D eigenvalue weighted by Gasteiger charge is -2.07. The van der Waals surface area contributed by atoms with Gasteiger partial charge in [-0.15, -0.1) is 0 Å². The maximum Gasteiger partial charge on any atom is 0.387 e. The Morgan fingerprint density at radius 3 is 2.56 bits per heavy atom. The van der Waals surface area contributed by atoms with Crippen LogP contribution in [-0.2, 0) is 11.2 Å². The van der Waals surface area contributed by atoms with Gasteiger partial charge in [-0.2, -0.15) is 8.78 Å². The first-order valence-corrected chi connectivity index (χ1v) is 4.44. The molecule has 0 aliphatic heterocycles. The number of benzene rings is 1. The number of nitro benzene ring substituents is 1. The van der Waals surface area contributed by atoms with Crippen LogP contribution in [0.5, 0.6) is 5.75 Å². The molecular weight excluding hydrogens is 259 g/mol. The number of carboxylic acid groups (broad SMARTS) is 1. The molecule has 0 amide bonds. The number of halogens is 3. The van der Waals surface area contributed by atoms with Crippen molar-refractivity contribution in [1.82, 2.24) is 0 Å². The molecule has 18 heavy (non-hydrogen) atoms. The minimum absolute atomic E-state index is 0.470. The van der Waals surface area contributed by atoms with Gasteiger partial charge in [0.25, 0.3) is 5.69 Å². The molecule has 1 N–H and O–H groups in total. The van der Waals surface area contributed by atoms with Gasteiger partial charge in [0, 0.05) is 6.07 Å². The number of rotatable bonds is 5. The molecule has 6 nitrogen and oxygen atoms in total. The summed E-state index contributed by atoms with van der Waals surface area (Å²) < 4.78 is 41.0. The molecule has 0 saturated carbocycles. The van der Waals surface area contributed by atoms with Crippen LogP contribution in [0.15, 0.2) is 12.1 Å². The molecule has 1 aromatic rings. The van der Waals surface area contributed by atoms with E-state index in [-0.39, 0.29) is 0 Å². The Labute approximate surface area is 97.7 Å². The lowest BCUT2D eigenvalue weighted by atomic mass is 10.1. The van der Waals surface area contributed by atoms with E-state index in [1.165, 1.54) is 0 Å². The molecule has 1 aromatic carbocycles. The maximum atomic E-state index is 13.4. The summed E-state index contributed by atoms with van der Waals surface area (Å²) in [7, 11) is 0. The SMILES string of the molecule is O=C(O)Cc1c(F)cc(OC(F)F)cc1[N+](=O)[O-]. The summed E-state index contributed by atoms with van der Waals surface area (Å²) in [4.78, 5) is 19.9. The Balaban J connectivity index is 3.26. The number of nitrogens with zero attached hydrogens (tertiary/aromatic N) is 1. The number of nitro groups is 1. The Morgan fingerprint density at radius 1 is 1.50 bits per heavy atom. The molecule has 9 heteroatoms. The number of aliphatic carboxylic acids is 1. The fraction of sp³-hybridized carbons (Fsp3) is 0.222. The van der Waals surface area contributed by atoms with E-state index in [4.69, 9.17) is 5.11 Å². The van der Waals surface area contributed by atoms with Crippen molar-refractivity contribution in [1.29, 1.82) is 0 Å². The number of ether oxygens (including phenoxy) is 1. The van der Waals surface area contributed by atoms with Gasteiger partial charge in [-0.05, 0) is 0 Å². The standard InChI is InChI=1S/C9H6F3NO5/c10-6-1-4(18-9(11)12)2-7(13(16)17)5(6)3-8(14)15/h1-2,9H,3H2,(H,14,15). The van der Waals surface area contributed by atoms with Gasteiger partial charge in [-0.3, -0.25) is 14.9 Å². The van der Waals surface area contributed by atoms with Crippen LogP contribution in [0.2, 0.25) is 0 Å². The van der Waals surface area contributed by atoms with E-state index in [0.717, 1.165) is 0 Å². The molecule has 0 spiro atoms. The predicted molar refractivity (Wildman–Crippen MR) is 51.0 cm³/mol. The predicted octanol–water partition coefficient (Wildman–Crippen LogP) is 1.96. The fourth-order valence-electron chi connectivity index (χ4n) is 1.26. The van der Waals surface area contributed by atoms with E-state index in [1.54, 1.807) is 0 Å². The van der Waals surface area contributed by atoms with Crippen LogP contribution in [0.1, 0.15) is 5.56 Å². The normalized spacial score (nSPS) is 10.4. The van der Waals surface area contributed by atoms with E-state index in [0.29, 0.717) is 12.1 Å². The van der Waals surface area contributed by atoms with Gasteiger partial charge in [-0.25, -0.2) is 4.39 Å². The molecule has 0 fully saturated rings. The largest absolute Gasteiger partial charge is 0.481 e. The summed E-state index contributed by atoms with van der Waals surface area (Å²) in [6.07, 6.45) is -0.933. The van der Waals surface area contributed by atoms with Gasteiger partial charge < -0.3 is 9.84 Å². The Bertz CT molecular complexity index is 491. The van der Waals surface area contributed by atoms with Crippen molar-refractivity contribution in [2.45, 2.75) is 13.0 Å². The Morgan fingerprint density at radius 2 is 2.11 bits per heavy atom. The van der Waals surface area contributed by atoms with Gasteiger partial charge in [0.2, 0.25) is 0 Å². The molecule has 98 valence electrons. The van der Waals surface area contributed by atoms with Crippen LogP contribution >= 0.6 is 0 Å². The molecule has 0 aromatic heterocycles. The Hall–Kier alpha value is -2.32. The first-order valence-electron chi connectivity index (χ1n) is 4.44. The highest BCUT2D eigenvalue weighted by Crippen LogP contribution is 2.29. The zero-order valence-corrected chi connectivity index (χ0v) is 8.60. The monoisotopic (exact) mass is 265 g/mol. The summed E-state index contributed by atoms with van der Waals surface area (Å²) in [5, 5.41) is 19.1. The lowest BCUT2D eigenvalue weighted by Crippen LogP contribution is -2.08. The third kappa shape index (κ3) is 3.34. The Kier molecular flexibility index (Phi) is 4.08. The summed E-state index contributed by atoms with van der Waals surface area (Å²) in [5.41, 5.74) is -1.62. The minimum Gasteiger partial charge on any atom is -0.481 e. The summed E-state index contributed by atoms with van der Waals surface area (Å²) in [6.45, 7) is -3.27. The molecule has 0 aliphatic carbocycles. The van der Waals surface area contributed by atoms with Crippen LogP contribution < -0.4 is 4.74 Å². The zero-order valence-electron chi connectivity index (χ0n) is 8.60. The summed E-state index contributed by atoms with van der Waals surface area (Å²) >= 11 is 0. The van der Waals surface area contributed by atoms with Crippen molar-refractivity contribution in [2.75, 3.05) is 0 Å². The van der Waals surface area contributed by atoms with E-state index >= 15 is 0 Å².